The monoisotopic (exact) mass is 692 g/mol. The van der Waals surface area contributed by atoms with Crippen LogP contribution in [0.1, 0.15) is 41.5 Å². The van der Waals surface area contributed by atoms with E-state index < -0.39 is 41.7 Å². The molecular formula is C38H40N6O7. The molecule has 1 aromatic heterocycles. The standard InChI is InChI=1S/C38H40N6O7/c1-38(50-36(39)46,27-18-20-30-31(21-27)43-51-42-30)32-23-49-28(22-40-32)19-17-24-11-9-10-16-29(24)41-35(45)34(44(2)37(47)48)33(25-12-5-3-6-13-25)26-14-7-4-8-15-26/h3-16,18,20-21,28,32-34,40H,17,19,22-23H2,1-2H3,(H2,39,46)(H,41,45)(H,47,48)/t28-,32+,34+,38?/m1/s1. The maximum Gasteiger partial charge on any atom is 0.407 e. The first kappa shape index (κ1) is 35.1. The molecule has 1 fully saturated rings. The van der Waals surface area contributed by atoms with Gasteiger partial charge in [-0.1, -0.05) is 84.9 Å². The summed E-state index contributed by atoms with van der Waals surface area (Å²) in [5, 5.41) is 24.4. The Bertz CT molecular complexity index is 1930. The number of rotatable bonds is 12. The van der Waals surface area contributed by atoms with Gasteiger partial charge in [0.2, 0.25) is 5.91 Å². The van der Waals surface area contributed by atoms with Crippen molar-refractivity contribution in [3.8, 4) is 0 Å². The molecule has 4 atom stereocenters. The van der Waals surface area contributed by atoms with Crippen molar-refractivity contribution in [1.29, 1.82) is 0 Å². The molecule has 1 aliphatic rings. The zero-order valence-electron chi connectivity index (χ0n) is 28.3. The van der Waals surface area contributed by atoms with Crippen molar-refractivity contribution < 1.29 is 33.6 Å². The fourth-order valence-electron chi connectivity index (χ4n) is 6.73. The second-order valence-electron chi connectivity index (χ2n) is 12.7. The van der Waals surface area contributed by atoms with E-state index in [-0.39, 0.29) is 12.7 Å². The predicted molar refractivity (Wildman–Crippen MR) is 189 cm³/mol. The minimum Gasteiger partial charge on any atom is -0.465 e. The van der Waals surface area contributed by atoms with E-state index in [4.69, 9.17) is 19.8 Å². The number of para-hydroxylation sites is 1. The molecule has 0 bridgehead atoms. The Balaban J connectivity index is 1.16. The number of morpholine rings is 1. The second kappa shape index (κ2) is 15.4. The number of likely N-dealkylation sites (N-methyl/N-ethyl adjacent to an activating group) is 1. The molecule has 264 valence electrons. The number of hydrogen-bond acceptors (Lipinski definition) is 9. The number of carboxylic acid groups (broad SMARTS) is 1. The molecule has 4 aromatic carbocycles. The Morgan fingerprint density at radius 2 is 1.63 bits per heavy atom. The highest BCUT2D eigenvalue weighted by molar-refractivity contribution is 5.98. The van der Waals surface area contributed by atoms with Crippen LogP contribution in [-0.2, 0) is 26.3 Å². The topological polar surface area (TPSA) is 182 Å². The van der Waals surface area contributed by atoms with E-state index in [1.807, 2.05) is 84.9 Å². The minimum atomic E-state index is -1.21. The Morgan fingerprint density at radius 3 is 2.25 bits per heavy atom. The van der Waals surface area contributed by atoms with Crippen molar-refractivity contribution in [3.05, 3.63) is 125 Å². The van der Waals surface area contributed by atoms with Gasteiger partial charge in [-0.3, -0.25) is 9.69 Å². The molecule has 6 rings (SSSR count). The number of aromatic nitrogens is 2. The number of carbonyl (C=O) groups is 3. The lowest BCUT2D eigenvalue weighted by molar-refractivity contribution is -0.120. The van der Waals surface area contributed by atoms with E-state index in [9.17, 15) is 19.5 Å². The molecule has 0 spiro atoms. The molecule has 2 heterocycles. The summed E-state index contributed by atoms with van der Waals surface area (Å²) in [6.07, 6.45) is -1.14. The van der Waals surface area contributed by atoms with Crippen LogP contribution in [0.4, 0.5) is 15.3 Å². The number of nitrogens with zero attached hydrogens (tertiary/aromatic N) is 3. The number of benzene rings is 4. The van der Waals surface area contributed by atoms with Gasteiger partial charge in [0.1, 0.15) is 17.1 Å². The summed E-state index contributed by atoms with van der Waals surface area (Å²) >= 11 is 0. The molecule has 1 unspecified atom stereocenters. The van der Waals surface area contributed by atoms with Gasteiger partial charge in [0.15, 0.2) is 5.60 Å². The van der Waals surface area contributed by atoms with Crippen LogP contribution in [0.5, 0.6) is 0 Å². The van der Waals surface area contributed by atoms with Gasteiger partial charge in [-0.15, -0.1) is 0 Å². The molecule has 0 saturated carbocycles. The second-order valence-corrected chi connectivity index (χ2v) is 12.7. The zero-order valence-corrected chi connectivity index (χ0v) is 28.3. The highest BCUT2D eigenvalue weighted by Crippen LogP contribution is 2.34. The Kier molecular flexibility index (Phi) is 10.6. The number of primary amides is 1. The first-order chi connectivity index (χ1) is 24.6. The van der Waals surface area contributed by atoms with Crippen LogP contribution in [0, 0.1) is 0 Å². The molecule has 0 radical (unpaired) electrons. The predicted octanol–water partition coefficient (Wildman–Crippen LogP) is 5.27. The molecule has 13 nitrogen and oxygen atoms in total. The third-order valence-electron chi connectivity index (χ3n) is 9.53. The molecule has 1 saturated heterocycles. The van der Waals surface area contributed by atoms with Gasteiger partial charge in [-0.05, 0) is 70.5 Å². The average Bonchev–Trinajstić information content (AvgIpc) is 3.62. The van der Waals surface area contributed by atoms with E-state index >= 15 is 0 Å². The Morgan fingerprint density at radius 1 is 0.980 bits per heavy atom. The summed E-state index contributed by atoms with van der Waals surface area (Å²) in [4.78, 5) is 39.6. The van der Waals surface area contributed by atoms with Crippen molar-refractivity contribution in [2.75, 3.05) is 25.5 Å². The van der Waals surface area contributed by atoms with E-state index in [0.29, 0.717) is 41.7 Å². The number of amides is 3. The minimum absolute atomic E-state index is 0.184. The number of fused-ring (bicyclic) bond motifs is 1. The van der Waals surface area contributed by atoms with Crippen LogP contribution in [0.15, 0.2) is 108 Å². The van der Waals surface area contributed by atoms with E-state index in [1.165, 1.54) is 7.05 Å². The van der Waals surface area contributed by atoms with Crippen LogP contribution < -0.4 is 16.4 Å². The van der Waals surface area contributed by atoms with Crippen LogP contribution in [0.2, 0.25) is 0 Å². The number of ether oxygens (including phenoxy) is 2. The first-order valence-electron chi connectivity index (χ1n) is 16.6. The van der Waals surface area contributed by atoms with Crippen molar-refractivity contribution in [3.63, 3.8) is 0 Å². The Hall–Kier alpha value is -5.79. The maximum absolute atomic E-state index is 14.2. The van der Waals surface area contributed by atoms with Crippen molar-refractivity contribution in [1.82, 2.24) is 20.5 Å². The van der Waals surface area contributed by atoms with Crippen molar-refractivity contribution in [2.45, 2.75) is 49.5 Å². The van der Waals surface area contributed by atoms with E-state index in [0.717, 1.165) is 21.6 Å². The summed E-state index contributed by atoms with van der Waals surface area (Å²) < 4.78 is 16.8. The van der Waals surface area contributed by atoms with Gasteiger partial charge in [0.25, 0.3) is 0 Å². The van der Waals surface area contributed by atoms with E-state index in [2.05, 4.69) is 20.9 Å². The third kappa shape index (κ3) is 7.84. The van der Waals surface area contributed by atoms with Gasteiger partial charge in [0, 0.05) is 25.2 Å². The molecule has 13 heteroatoms. The summed E-state index contributed by atoms with van der Waals surface area (Å²) in [6.45, 7) is 2.46. The number of anilines is 1. The molecule has 1 aliphatic heterocycles. The molecule has 5 N–H and O–H groups in total. The summed E-state index contributed by atoms with van der Waals surface area (Å²) in [5.74, 6) is -1.01. The number of nitrogens with two attached hydrogens (primary N) is 1. The fourth-order valence-corrected chi connectivity index (χ4v) is 6.73. The molecule has 3 amide bonds. The largest absolute Gasteiger partial charge is 0.465 e. The number of carbonyl (C=O) groups excluding carboxylic acids is 2. The van der Waals surface area contributed by atoms with Gasteiger partial charge < -0.3 is 30.9 Å². The molecule has 0 aliphatic carbocycles. The van der Waals surface area contributed by atoms with Crippen LogP contribution in [0.3, 0.4) is 0 Å². The van der Waals surface area contributed by atoms with Crippen LogP contribution >= 0.6 is 0 Å². The Labute approximate surface area is 294 Å². The van der Waals surface area contributed by atoms with E-state index in [1.54, 1.807) is 25.1 Å². The van der Waals surface area contributed by atoms with Crippen molar-refractivity contribution >= 4 is 34.8 Å². The normalized spacial score (nSPS) is 17.7. The highest BCUT2D eigenvalue weighted by atomic mass is 16.6. The lowest BCUT2D eigenvalue weighted by Crippen LogP contribution is -2.58. The van der Waals surface area contributed by atoms with Gasteiger partial charge >= 0.3 is 12.2 Å². The van der Waals surface area contributed by atoms with Gasteiger partial charge in [0.05, 0.1) is 18.8 Å². The van der Waals surface area contributed by atoms with Gasteiger partial charge in [-0.25, -0.2) is 14.2 Å². The van der Waals surface area contributed by atoms with Gasteiger partial charge in [-0.2, -0.15) is 0 Å². The third-order valence-corrected chi connectivity index (χ3v) is 9.53. The number of aryl methyl sites for hydroxylation is 1. The maximum atomic E-state index is 14.2. The number of hydrogen-bond donors (Lipinski definition) is 4. The fraction of sp³-hybridized carbons (Fsp3) is 0.289. The van der Waals surface area contributed by atoms with Crippen LogP contribution in [0.25, 0.3) is 11.0 Å². The number of nitrogens with one attached hydrogen (secondary N) is 2. The lowest BCUT2D eigenvalue weighted by atomic mass is 9.84. The highest BCUT2D eigenvalue weighted by Gasteiger charge is 2.42. The van der Waals surface area contributed by atoms with Crippen LogP contribution in [-0.4, -0.2) is 76.8 Å². The summed E-state index contributed by atoms with van der Waals surface area (Å²) in [5.41, 5.74) is 9.17. The zero-order chi connectivity index (χ0) is 36.0. The smallest absolute Gasteiger partial charge is 0.407 e. The molecular weight excluding hydrogens is 652 g/mol. The average molecular weight is 693 g/mol. The molecule has 51 heavy (non-hydrogen) atoms. The quantitative estimate of drug-likeness (QED) is 0.134. The van der Waals surface area contributed by atoms with Crippen molar-refractivity contribution in [2.24, 2.45) is 5.73 Å². The summed E-state index contributed by atoms with van der Waals surface area (Å²) in [7, 11) is 1.42. The summed E-state index contributed by atoms with van der Waals surface area (Å²) in [6, 6.07) is 30.1. The molecule has 5 aromatic rings. The first-order valence-corrected chi connectivity index (χ1v) is 16.6. The SMILES string of the molecule is CN(C(=O)O)[C@H](C(=O)Nc1ccccc1CC[C@@H]1CN[C@H](C(C)(OC(N)=O)c2ccc3nonc3c2)CO1)C(c1ccccc1)c1ccccc1. The lowest BCUT2D eigenvalue weighted by Gasteiger charge is -2.41.